The molecule has 2 atom stereocenters. The van der Waals surface area contributed by atoms with Crippen LogP contribution >= 0.6 is 0 Å². The number of nitrogens with zero attached hydrogens (tertiary/aromatic N) is 1. The largest absolute Gasteiger partial charge is 0.444 e. The molecule has 0 spiro atoms. The fourth-order valence-corrected chi connectivity index (χ4v) is 4.79. The van der Waals surface area contributed by atoms with Crippen molar-refractivity contribution >= 4 is 29.3 Å². The molecule has 1 fully saturated rings. The molecule has 0 saturated carbocycles. The summed E-state index contributed by atoms with van der Waals surface area (Å²) >= 11 is 0. The molecule has 0 aliphatic carbocycles. The number of halogens is 2. The lowest BCUT2D eigenvalue weighted by molar-refractivity contribution is -0.142. The zero-order valence-electron chi connectivity index (χ0n) is 21.6. The second kappa shape index (κ2) is 10.9. The van der Waals surface area contributed by atoms with Crippen molar-refractivity contribution in [3.8, 4) is 0 Å². The molecular weight excluding hydrogens is 498 g/mol. The van der Waals surface area contributed by atoms with E-state index in [1.807, 2.05) is 0 Å². The number of nitrogens with one attached hydrogen (secondary N) is 2. The summed E-state index contributed by atoms with van der Waals surface area (Å²) in [6.45, 7) is 6.00. The van der Waals surface area contributed by atoms with Crippen molar-refractivity contribution in [2.24, 2.45) is 5.92 Å². The van der Waals surface area contributed by atoms with Crippen LogP contribution < -0.4 is 16.4 Å². The number of nitrogen functional groups attached to an aromatic ring is 1. The van der Waals surface area contributed by atoms with Crippen molar-refractivity contribution < 1.29 is 32.6 Å². The van der Waals surface area contributed by atoms with Gasteiger partial charge >= 0.3 is 6.09 Å². The topological polar surface area (TPSA) is 123 Å². The Morgan fingerprint density at radius 2 is 1.76 bits per heavy atom. The van der Waals surface area contributed by atoms with Gasteiger partial charge in [0.2, 0.25) is 5.91 Å². The Labute approximate surface area is 219 Å². The number of carbonyl (C=O) groups excluding carboxylic acids is 3. The highest BCUT2D eigenvalue weighted by atomic mass is 19.1. The molecule has 2 unspecified atom stereocenters. The third kappa shape index (κ3) is 6.04. The molecule has 1 saturated heterocycles. The van der Waals surface area contributed by atoms with Gasteiger partial charge in [0, 0.05) is 25.4 Å². The Hall–Kier alpha value is -3.73. The van der Waals surface area contributed by atoms with E-state index in [2.05, 4.69) is 10.6 Å². The first-order chi connectivity index (χ1) is 17.9. The molecule has 38 heavy (non-hydrogen) atoms. The maximum Gasteiger partial charge on any atom is 0.408 e. The number of nitrogens with two attached hydrogens (primary N) is 1. The molecule has 2 aliphatic rings. The molecule has 3 amide bonds. The molecule has 0 radical (unpaired) electrons. The molecule has 2 aromatic carbocycles. The van der Waals surface area contributed by atoms with Gasteiger partial charge < -0.3 is 30.7 Å². The second-order valence-corrected chi connectivity index (χ2v) is 10.5. The molecule has 9 nitrogen and oxygen atoms in total. The summed E-state index contributed by atoms with van der Waals surface area (Å²) in [4.78, 5) is 41.6. The summed E-state index contributed by atoms with van der Waals surface area (Å²) in [7, 11) is 0. The van der Waals surface area contributed by atoms with E-state index in [4.69, 9.17) is 15.2 Å². The van der Waals surface area contributed by atoms with Crippen molar-refractivity contribution in [3.05, 3.63) is 59.2 Å². The van der Waals surface area contributed by atoms with E-state index in [1.165, 1.54) is 11.0 Å². The maximum absolute atomic E-state index is 14.3. The second-order valence-electron chi connectivity index (χ2n) is 10.5. The Balaban J connectivity index is 1.67. The first-order valence-electron chi connectivity index (χ1n) is 12.5. The van der Waals surface area contributed by atoms with Gasteiger partial charge in [0.05, 0.1) is 0 Å². The number of rotatable bonds is 5. The molecular formula is C27H32F2N4O5. The molecule has 0 aromatic heterocycles. The average molecular weight is 531 g/mol. The number of para-hydroxylation sites is 1. The van der Waals surface area contributed by atoms with Crippen LogP contribution in [0.5, 0.6) is 0 Å². The van der Waals surface area contributed by atoms with Crippen molar-refractivity contribution in [2.75, 3.05) is 24.3 Å². The lowest BCUT2D eigenvalue weighted by Gasteiger charge is -2.35. The number of amides is 3. The fourth-order valence-electron chi connectivity index (χ4n) is 4.79. The monoisotopic (exact) mass is 530 g/mol. The number of alkyl carbamates (subject to hydrolysis) is 1. The van der Waals surface area contributed by atoms with Gasteiger partial charge in [0.25, 0.3) is 5.91 Å². The SMILES string of the molecule is CC(C)(C)OC(=O)NC(C(=O)N1Cc2ccc(N)cc2C1C(=O)Nc1c(F)cccc1F)C1CCOCC1. The number of ether oxygens (including phenoxy) is 2. The van der Waals surface area contributed by atoms with Crippen molar-refractivity contribution in [1.82, 2.24) is 10.2 Å². The van der Waals surface area contributed by atoms with E-state index in [0.717, 1.165) is 12.1 Å². The predicted molar refractivity (Wildman–Crippen MR) is 136 cm³/mol. The Morgan fingerprint density at radius 1 is 1.11 bits per heavy atom. The third-order valence-corrected chi connectivity index (χ3v) is 6.53. The van der Waals surface area contributed by atoms with E-state index >= 15 is 0 Å². The van der Waals surface area contributed by atoms with E-state index in [1.54, 1.807) is 39.0 Å². The number of benzene rings is 2. The molecule has 204 valence electrons. The van der Waals surface area contributed by atoms with Crippen LogP contribution in [0.15, 0.2) is 36.4 Å². The van der Waals surface area contributed by atoms with Crippen LogP contribution in [-0.4, -0.2) is 47.7 Å². The lowest BCUT2D eigenvalue weighted by Crippen LogP contribution is -2.54. The van der Waals surface area contributed by atoms with Crippen molar-refractivity contribution in [2.45, 2.75) is 57.8 Å². The Bertz CT molecular complexity index is 1210. The van der Waals surface area contributed by atoms with Crippen LogP contribution in [-0.2, 0) is 25.6 Å². The highest BCUT2D eigenvalue weighted by molar-refractivity contribution is 6.00. The quantitative estimate of drug-likeness (QED) is 0.504. The molecule has 11 heteroatoms. The summed E-state index contributed by atoms with van der Waals surface area (Å²) in [5, 5.41) is 5.00. The highest BCUT2D eigenvalue weighted by Gasteiger charge is 2.44. The van der Waals surface area contributed by atoms with Crippen LogP contribution in [0, 0.1) is 17.6 Å². The van der Waals surface area contributed by atoms with Crippen LogP contribution in [0.3, 0.4) is 0 Å². The standard InChI is InChI=1S/C27H32F2N4O5/c1-27(2,3)38-26(36)32-21(15-9-11-37-12-10-15)25(35)33-14-16-7-8-17(30)13-18(16)23(33)24(34)31-22-19(28)5-4-6-20(22)29/h4-8,13,15,21,23H,9-12,14,30H2,1-3H3,(H,31,34)(H,32,36). The van der Waals surface area contributed by atoms with Crippen LogP contribution in [0.1, 0.15) is 50.8 Å². The summed E-state index contributed by atoms with van der Waals surface area (Å²) in [5.74, 6) is -3.51. The van der Waals surface area contributed by atoms with Crippen LogP contribution in [0.25, 0.3) is 0 Å². The highest BCUT2D eigenvalue weighted by Crippen LogP contribution is 2.38. The number of hydrogen-bond donors (Lipinski definition) is 3. The minimum absolute atomic E-state index is 0.0437. The van der Waals surface area contributed by atoms with E-state index in [-0.39, 0.29) is 12.5 Å². The first-order valence-corrected chi connectivity index (χ1v) is 12.5. The maximum atomic E-state index is 14.3. The van der Waals surface area contributed by atoms with E-state index < -0.39 is 52.9 Å². The molecule has 2 aromatic rings. The number of carbonyl (C=O) groups is 3. The van der Waals surface area contributed by atoms with Gasteiger partial charge in [-0.05, 0) is 74.9 Å². The summed E-state index contributed by atoms with van der Waals surface area (Å²) < 4.78 is 39.5. The average Bonchev–Trinajstić information content (AvgIpc) is 3.22. The minimum Gasteiger partial charge on any atom is -0.444 e. The van der Waals surface area contributed by atoms with Gasteiger partial charge in [-0.15, -0.1) is 0 Å². The zero-order valence-corrected chi connectivity index (χ0v) is 21.6. The minimum atomic E-state index is -1.23. The third-order valence-electron chi connectivity index (χ3n) is 6.53. The molecule has 2 heterocycles. The molecule has 4 N–H and O–H groups in total. The van der Waals surface area contributed by atoms with E-state index in [9.17, 15) is 23.2 Å². The predicted octanol–water partition coefficient (Wildman–Crippen LogP) is 3.89. The van der Waals surface area contributed by atoms with Crippen LogP contribution in [0.4, 0.5) is 25.0 Å². The molecule has 4 rings (SSSR count). The smallest absolute Gasteiger partial charge is 0.408 e. The summed E-state index contributed by atoms with van der Waals surface area (Å²) in [6.07, 6.45) is 0.256. The summed E-state index contributed by atoms with van der Waals surface area (Å²) in [5.41, 5.74) is 6.03. The molecule has 2 aliphatic heterocycles. The van der Waals surface area contributed by atoms with Gasteiger partial charge in [-0.1, -0.05) is 12.1 Å². The summed E-state index contributed by atoms with van der Waals surface area (Å²) in [6, 6.07) is 5.89. The van der Waals surface area contributed by atoms with Gasteiger partial charge in [-0.2, -0.15) is 0 Å². The lowest BCUT2D eigenvalue weighted by atomic mass is 9.90. The van der Waals surface area contributed by atoms with Crippen LogP contribution in [0.2, 0.25) is 0 Å². The number of hydrogen-bond acceptors (Lipinski definition) is 6. The Kier molecular flexibility index (Phi) is 7.86. The number of fused-ring (bicyclic) bond motifs is 1. The Morgan fingerprint density at radius 3 is 2.39 bits per heavy atom. The van der Waals surface area contributed by atoms with Crippen molar-refractivity contribution in [1.29, 1.82) is 0 Å². The first kappa shape index (κ1) is 27.3. The molecule has 0 bridgehead atoms. The normalized spacial score (nSPS) is 18.4. The van der Waals surface area contributed by atoms with Gasteiger partial charge in [-0.3, -0.25) is 9.59 Å². The van der Waals surface area contributed by atoms with Gasteiger partial charge in [-0.25, -0.2) is 13.6 Å². The van der Waals surface area contributed by atoms with Crippen molar-refractivity contribution in [3.63, 3.8) is 0 Å². The fraction of sp³-hybridized carbons (Fsp3) is 0.444. The van der Waals surface area contributed by atoms with Gasteiger partial charge in [0.1, 0.15) is 35.0 Å². The zero-order chi connectivity index (χ0) is 27.6. The number of anilines is 2. The van der Waals surface area contributed by atoms with Gasteiger partial charge in [0.15, 0.2) is 0 Å². The van der Waals surface area contributed by atoms with E-state index in [0.29, 0.717) is 42.9 Å².